The van der Waals surface area contributed by atoms with Gasteiger partial charge < -0.3 is 15.1 Å². The predicted molar refractivity (Wildman–Crippen MR) is 102 cm³/mol. The van der Waals surface area contributed by atoms with Crippen LogP contribution in [0, 0.1) is 0 Å². The number of amides is 1. The lowest BCUT2D eigenvalue weighted by molar-refractivity contribution is 0.102. The zero-order valence-corrected chi connectivity index (χ0v) is 15.6. The summed E-state index contributed by atoms with van der Waals surface area (Å²) in [5.74, 6) is 1.00. The van der Waals surface area contributed by atoms with Crippen LogP contribution in [0.1, 0.15) is 23.2 Å². The molecule has 8 heteroatoms. The summed E-state index contributed by atoms with van der Waals surface area (Å²) < 4.78 is 0. The Morgan fingerprint density at radius 1 is 1.24 bits per heavy atom. The Kier molecular flexibility index (Phi) is 5.30. The molecule has 1 aromatic carbocycles. The minimum atomic E-state index is -0.331. The number of hydrogen-bond acceptors (Lipinski definition) is 5. The van der Waals surface area contributed by atoms with Gasteiger partial charge in [-0.25, -0.2) is 4.98 Å². The van der Waals surface area contributed by atoms with Gasteiger partial charge in [0.2, 0.25) is 5.95 Å². The van der Waals surface area contributed by atoms with Crippen LogP contribution in [0.3, 0.4) is 0 Å². The molecular weight excluding hydrogens is 361 g/mol. The van der Waals surface area contributed by atoms with Gasteiger partial charge >= 0.3 is 0 Å². The van der Waals surface area contributed by atoms with Crippen molar-refractivity contribution in [2.75, 3.05) is 42.3 Å². The highest BCUT2D eigenvalue weighted by atomic mass is 35.5. The highest BCUT2D eigenvalue weighted by Crippen LogP contribution is 2.27. The predicted octanol–water partition coefficient (Wildman–Crippen LogP) is 3.70. The number of benzene rings is 1. The summed E-state index contributed by atoms with van der Waals surface area (Å²) in [5, 5.41) is 3.61. The fourth-order valence-corrected chi connectivity index (χ4v) is 3.22. The molecule has 25 heavy (non-hydrogen) atoms. The average molecular weight is 380 g/mol. The maximum Gasteiger partial charge on any atom is 0.257 e. The van der Waals surface area contributed by atoms with E-state index in [0.717, 1.165) is 25.9 Å². The van der Waals surface area contributed by atoms with Crippen molar-refractivity contribution >= 4 is 46.6 Å². The molecular formula is C17H19Cl2N5O. The van der Waals surface area contributed by atoms with Gasteiger partial charge in [-0.15, -0.1) is 0 Å². The molecule has 1 N–H and O–H groups in total. The fraction of sp³-hybridized carbons (Fsp3) is 0.353. The highest BCUT2D eigenvalue weighted by Gasteiger charge is 2.19. The summed E-state index contributed by atoms with van der Waals surface area (Å²) in [7, 11) is 3.75. The smallest absolute Gasteiger partial charge is 0.257 e. The molecule has 0 saturated carbocycles. The molecule has 2 aromatic rings. The van der Waals surface area contributed by atoms with Crippen molar-refractivity contribution in [3.63, 3.8) is 0 Å². The summed E-state index contributed by atoms with van der Waals surface area (Å²) in [6.07, 6.45) is 3.93. The molecule has 2 heterocycles. The molecule has 0 aliphatic carbocycles. The number of hydrogen-bond donors (Lipinski definition) is 1. The SMILES string of the molecule is CN(C)c1nc(N2CCCC2)ncc1NC(=O)c1ccc(Cl)cc1Cl. The zero-order valence-electron chi connectivity index (χ0n) is 14.1. The maximum absolute atomic E-state index is 12.5. The van der Waals surface area contributed by atoms with Gasteiger partial charge in [0.05, 0.1) is 16.8 Å². The van der Waals surface area contributed by atoms with Crippen molar-refractivity contribution in [1.82, 2.24) is 9.97 Å². The second-order valence-corrected chi connectivity index (χ2v) is 6.92. The van der Waals surface area contributed by atoms with Crippen LogP contribution >= 0.6 is 23.2 Å². The number of rotatable bonds is 4. The van der Waals surface area contributed by atoms with Crippen LogP contribution in [0.4, 0.5) is 17.5 Å². The van der Waals surface area contributed by atoms with E-state index in [1.165, 1.54) is 6.07 Å². The first-order valence-electron chi connectivity index (χ1n) is 8.01. The normalized spacial score (nSPS) is 13.8. The molecule has 0 atom stereocenters. The third kappa shape index (κ3) is 3.96. The van der Waals surface area contributed by atoms with Crippen molar-refractivity contribution < 1.29 is 4.79 Å². The molecule has 6 nitrogen and oxygen atoms in total. The van der Waals surface area contributed by atoms with Crippen LogP contribution < -0.4 is 15.1 Å². The molecule has 3 rings (SSSR count). The van der Waals surface area contributed by atoms with Gasteiger partial charge in [0.25, 0.3) is 5.91 Å². The number of carbonyl (C=O) groups is 1. The van der Waals surface area contributed by atoms with Gasteiger partial charge in [0.15, 0.2) is 5.82 Å². The number of nitrogens with zero attached hydrogens (tertiary/aromatic N) is 4. The van der Waals surface area contributed by atoms with Crippen molar-refractivity contribution in [2.24, 2.45) is 0 Å². The number of aromatic nitrogens is 2. The van der Waals surface area contributed by atoms with Crippen LogP contribution in [0.25, 0.3) is 0 Å². The topological polar surface area (TPSA) is 61.4 Å². The Morgan fingerprint density at radius 2 is 1.96 bits per heavy atom. The Bertz CT molecular complexity index is 791. The minimum Gasteiger partial charge on any atom is -0.361 e. The van der Waals surface area contributed by atoms with E-state index >= 15 is 0 Å². The van der Waals surface area contributed by atoms with E-state index in [2.05, 4.69) is 20.2 Å². The Morgan fingerprint density at radius 3 is 2.60 bits per heavy atom. The van der Waals surface area contributed by atoms with Crippen LogP contribution in [0.5, 0.6) is 0 Å². The first kappa shape index (κ1) is 17.8. The number of halogens is 2. The standard InChI is InChI=1S/C17H19Cl2N5O/c1-23(2)15-14(10-20-17(22-15)24-7-3-4-8-24)21-16(25)12-6-5-11(18)9-13(12)19/h5-6,9-10H,3-4,7-8H2,1-2H3,(H,21,25). The monoisotopic (exact) mass is 379 g/mol. The van der Waals surface area contributed by atoms with Gasteiger partial charge in [0.1, 0.15) is 5.69 Å². The Labute approximate surface area is 156 Å². The molecule has 1 aromatic heterocycles. The van der Waals surface area contributed by atoms with Crippen molar-refractivity contribution in [3.8, 4) is 0 Å². The lowest BCUT2D eigenvalue weighted by Gasteiger charge is -2.21. The number of nitrogens with one attached hydrogen (secondary N) is 1. The van der Waals surface area contributed by atoms with E-state index in [0.29, 0.717) is 33.1 Å². The van der Waals surface area contributed by atoms with Gasteiger partial charge in [-0.3, -0.25) is 4.79 Å². The van der Waals surface area contributed by atoms with Gasteiger partial charge in [-0.1, -0.05) is 23.2 Å². The van der Waals surface area contributed by atoms with E-state index in [1.54, 1.807) is 18.3 Å². The van der Waals surface area contributed by atoms with Gasteiger partial charge in [-0.05, 0) is 31.0 Å². The molecule has 1 aliphatic rings. The quantitative estimate of drug-likeness (QED) is 0.877. The van der Waals surface area contributed by atoms with Gasteiger partial charge in [-0.2, -0.15) is 4.98 Å². The van der Waals surface area contributed by atoms with Crippen LogP contribution in [-0.2, 0) is 0 Å². The lowest BCUT2D eigenvalue weighted by Crippen LogP contribution is -2.24. The summed E-state index contributed by atoms with van der Waals surface area (Å²) >= 11 is 12.0. The average Bonchev–Trinajstić information content (AvgIpc) is 3.09. The Balaban J connectivity index is 1.87. The minimum absolute atomic E-state index is 0.297. The highest BCUT2D eigenvalue weighted by molar-refractivity contribution is 6.37. The van der Waals surface area contributed by atoms with Crippen LogP contribution in [-0.4, -0.2) is 43.1 Å². The lowest BCUT2D eigenvalue weighted by atomic mass is 10.2. The molecule has 0 radical (unpaired) electrons. The van der Waals surface area contributed by atoms with Crippen molar-refractivity contribution in [1.29, 1.82) is 0 Å². The molecule has 1 fully saturated rings. The first-order valence-corrected chi connectivity index (χ1v) is 8.77. The van der Waals surface area contributed by atoms with Gasteiger partial charge in [0, 0.05) is 32.2 Å². The largest absolute Gasteiger partial charge is 0.361 e. The van der Waals surface area contributed by atoms with E-state index in [1.807, 2.05) is 19.0 Å². The molecule has 0 bridgehead atoms. The maximum atomic E-state index is 12.5. The molecule has 1 amide bonds. The van der Waals surface area contributed by atoms with E-state index in [9.17, 15) is 4.79 Å². The molecule has 1 aliphatic heterocycles. The third-order valence-corrected chi connectivity index (χ3v) is 4.54. The molecule has 1 saturated heterocycles. The summed E-state index contributed by atoms with van der Waals surface area (Å²) in [6, 6.07) is 4.76. The van der Waals surface area contributed by atoms with Crippen molar-refractivity contribution in [2.45, 2.75) is 12.8 Å². The summed E-state index contributed by atoms with van der Waals surface area (Å²) in [5.41, 5.74) is 0.878. The second kappa shape index (κ2) is 7.45. The third-order valence-electron chi connectivity index (χ3n) is 3.99. The van der Waals surface area contributed by atoms with E-state index < -0.39 is 0 Å². The van der Waals surface area contributed by atoms with Crippen LogP contribution in [0.15, 0.2) is 24.4 Å². The fourth-order valence-electron chi connectivity index (χ4n) is 2.73. The van der Waals surface area contributed by atoms with Crippen molar-refractivity contribution in [3.05, 3.63) is 40.0 Å². The number of anilines is 3. The zero-order chi connectivity index (χ0) is 18.0. The van der Waals surface area contributed by atoms with Crippen LogP contribution in [0.2, 0.25) is 10.0 Å². The number of carbonyl (C=O) groups excluding carboxylic acids is 1. The molecule has 0 spiro atoms. The van der Waals surface area contributed by atoms with E-state index in [-0.39, 0.29) is 5.91 Å². The summed E-state index contributed by atoms with van der Waals surface area (Å²) in [6.45, 7) is 1.91. The Hall–Kier alpha value is -2.05. The first-order chi connectivity index (χ1) is 12.0. The molecule has 132 valence electrons. The molecule has 0 unspecified atom stereocenters. The summed E-state index contributed by atoms with van der Waals surface area (Å²) in [4.78, 5) is 25.5. The second-order valence-electron chi connectivity index (χ2n) is 6.07. The van der Waals surface area contributed by atoms with E-state index in [4.69, 9.17) is 23.2 Å².